The van der Waals surface area contributed by atoms with E-state index < -0.39 is 18.2 Å². The number of carbonyl (C=O) groups is 3. The van der Waals surface area contributed by atoms with Gasteiger partial charge in [-0.1, -0.05) is 0 Å². The number of nitrogens with zero attached hydrogens (tertiary/aromatic N) is 5. The van der Waals surface area contributed by atoms with Gasteiger partial charge in [0.1, 0.15) is 5.76 Å². The second-order valence-electron chi connectivity index (χ2n) is 5.11. The average Bonchev–Trinajstić information content (AvgIpc) is 3.33. The molecule has 2 aromatic rings. The number of hydrogen-bond acceptors (Lipinski definition) is 8. The highest BCUT2D eigenvalue weighted by Gasteiger charge is 2.40. The summed E-state index contributed by atoms with van der Waals surface area (Å²) in [5, 5.41) is 17.8. The van der Waals surface area contributed by atoms with Crippen molar-refractivity contribution in [3.8, 4) is 0 Å². The molecule has 11 nitrogen and oxygen atoms in total. The molecular weight excluding hydrogens is 364 g/mol. The van der Waals surface area contributed by atoms with Gasteiger partial charge in [0.15, 0.2) is 17.5 Å². The Morgan fingerprint density at radius 1 is 1.54 bits per heavy atom. The van der Waals surface area contributed by atoms with Crippen LogP contribution in [0.5, 0.6) is 0 Å². The summed E-state index contributed by atoms with van der Waals surface area (Å²) in [7, 11) is 0. The van der Waals surface area contributed by atoms with Crippen LogP contribution in [0.25, 0.3) is 0 Å². The normalized spacial score (nSPS) is 15.6. The number of furan rings is 1. The first-order valence-corrected chi connectivity index (χ1v) is 8.24. The Labute approximate surface area is 150 Å². The lowest BCUT2D eigenvalue weighted by molar-refractivity contribution is -0.116. The molecule has 1 fully saturated rings. The maximum absolute atomic E-state index is 12.5. The lowest BCUT2D eigenvalue weighted by Crippen LogP contribution is -2.50. The molecule has 1 saturated heterocycles. The van der Waals surface area contributed by atoms with Gasteiger partial charge in [0.25, 0.3) is 0 Å². The van der Waals surface area contributed by atoms with E-state index in [1.807, 2.05) is 0 Å². The number of nitrogens with two attached hydrogens (primary N) is 1. The minimum absolute atomic E-state index is 0.0323. The first kappa shape index (κ1) is 17.4. The summed E-state index contributed by atoms with van der Waals surface area (Å²) in [5.41, 5.74) is 5.69. The van der Waals surface area contributed by atoms with Crippen molar-refractivity contribution < 1.29 is 23.9 Å². The maximum atomic E-state index is 12.5. The largest absolute Gasteiger partial charge is 0.464 e. The van der Waals surface area contributed by atoms with Crippen molar-refractivity contribution in [1.29, 1.82) is 0 Å². The van der Waals surface area contributed by atoms with Gasteiger partial charge in [0.2, 0.25) is 0 Å². The van der Waals surface area contributed by atoms with Crippen LogP contribution in [0.15, 0.2) is 33.3 Å². The van der Waals surface area contributed by atoms with Crippen molar-refractivity contribution in [2.24, 2.45) is 5.10 Å². The van der Waals surface area contributed by atoms with Crippen molar-refractivity contribution in [2.75, 3.05) is 18.8 Å². The lowest BCUT2D eigenvalue weighted by Gasteiger charge is -2.31. The fourth-order valence-corrected chi connectivity index (χ4v) is 2.97. The number of aldehydes is 1. The van der Waals surface area contributed by atoms with E-state index in [4.69, 9.17) is 10.2 Å². The highest BCUT2D eigenvalue weighted by atomic mass is 32.1. The van der Waals surface area contributed by atoms with Crippen LogP contribution < -0.4 is 5.73 Å². The molecule has 1 atom stereocenters. The van der Waals surface area contributed by atoms with Gasteiger partial charge in [0, 0.05) is 5.38 Å². The zero-order valence-corrected chi connectivity index (χ0v) is 14.1. The number of anilines is 1. The van der Waals surface area contributed by atoms with E-state index in [-0.39, 0.29) is 23.9 Å². The quantitative estimate of drug-likeness (QED) is 0.568. The highest BCUT2D eigenvalue weighted by Crippen LogP contribution is 2.26. The first-order chi connectivity index (χ1) is 12.5. The summed E-state index contributed by atoms with van der Waals surface area (Å²) in [6.07, 6.45) is 1.72. The zero-order valence-electron chi connectivity index (χ0n) is 13.3. The number of amides is 3. The molecule has 0 aromatic carbocycles. The van der Waals surface area contributed by atoms with Crippen molar-refractivity contribution >= 4 is 41.1 Å². The van der Waals surface area contributed by atoms with E-state index in [0.29, 0.717) is 17.1 Å². The zero-order chi connectivity index (χ0) is 18.7. The molecule has 0 spiro atoms. The Kier molecular flexibility index (Phi) is 4.84. The van der Waals surface area contributed by atoms with E-state index in [0.717, 1.165) is 21.4 Å². The third-order valence-corrected chi connectivity index (χ3v) is 4.22. The van der Waals surface area contributed by atoms with Crippen LogP contribution in [0.1, 0.15) is 17.5 Å². The third kappa shape index (κ3) is 3.35. The number of aromatic nitrogens is 1. The molecule has 3 N–H and O–H groups in total. The van der Waals surface area contributed by atoms with Crippen LogP contribution in [0.3, 0.4) is 0 Å². The number of carbonyl (C=O) groups excluding carboxylic acids is 2. The molecule has 12 heteroatoms. The van der Waals surface area contributed by atoms with Gasteiger partial charge in [-0.05, 0) is 12.1 Å². The maximum Gasteiger partial charge on any atom is 0.427 e. The summed E-state index contributed by atoms with van der Waals surface area (Å²) >= 11 is 1.07. The molecule has 136 valence electrons. The number of hydrogen-bond donors (Lipinski definition) is 2. The van der Waals surface area contributed by atoms with Gasteiger partial charge in [-0.2, -0.15) is 10.1 Å². The number of hydrazine groups is 1. The Bertz CT molecular complexity index is 835. The highest BCUT2D eigenvalue weighted by molar-refractivity contribution is 7.13. The molecule has 0 aliphatic carbocycles. The van der Waals surface area contributed by atoms with Crippen molar-refractivity contribution in [1.82, 2.24) is 20.0 Å². The van der Waals surface area contributed by atoms with Crippen LogP contribution in [-0.4, -0.2) is 62.8 Å². The SMILES string of the molecule is Nc1nc(C(C=O)N(C(=O)O)N2CCN(/N=C/c3ccco3)C2=O)cs1. The smallest absolute Gasteiger partial charge is 0.427 e. The molecule has 3 rings (SSSR count). The molecule has 0 radical (unpaired) electrons. The van der Waals surface area contributed by atoms with Gasteiger partial charge >= 0.3 is 12.1 Å². The average molecular weight is 378 g/mol. The number of urea groups is 1. The second kappa shape index (κ2) is 7.23. The van der Waals surface area contributed by atoms with Crippen LogP contribution in [-0.2, 0) is 4.79 Å². The number of nitrogen functional groups attached to an aromatic ring is 1. The van der Waals surface area contributed by atoms with Gasteiger partial charge in [-0.3, -0.25) is 0 Å². The number of thiazole rings is 1. The van der Waals surface area contributed by atoms with Gasteiger partial charge < -0.3 is 20.1 Å². The predicted molar refractivity (Wildman–Crippen MR) is 90.3 cm³/mol. The monoisotopic (exact) mass is 378 g/mol. The Morgan fingerprint density at radius 3 is 2.92 bits per heavy atom. The van der Waals surface area contributed by atoms with Crippen molar-refractivity contribution in [3.05, 3.63) is 35.2 Å². The number of rotatable bonds is 6. The van der Waals surface area contributed by atoms with Gasteiger partial charge in [-0.15, -0.1) is 11.3 Å². The topological polar surface area (TPSA) is 146 Å². The molecule has 2 aromatic heterocycles. The molecule has 26 heavy (non-hydrogen) atoms. The van der Waals surface area contributed by atoms with E-state index >= 15 is 0 Å². The summed E-state index contributed by atoms with van der Waals surface area (Å²) in [6.45, 7) is 0.176. The molecule has 0 saturated carbocycles. The standard InChI is InChI=1S/C14H14N6O5S/c15-12-17-10(8-26-12)11(7-21)20(14(23)24)19-4-3-18(13(19)22)16-6-9-2-1-5-25-9/h1-2,5-8,11H,3-4H2,(H2,15,17)(H,23,24)/b16-6+. The summed E-state index contributed by atoms with van der Waals surface area (Å²) < 4.78 is 5.09. The minimum atomic E-state index is -1.47. The van der Waals surface area contributed by atoms with Crippen molar-refractivity contribution in [2.45, 2.75) is 6.04 Å². The summed E-state index contributed by atoms with van der Waals surface area (Å²) in [4.78, 5) is 39.7. The summed E-state index contributed by atoms with van der Waals surface area (Å²) in [5.74, 6) is 0.440. The Morgan fingerprint density at radius 2 is 2.35 bits per heavy atom. The van der Waals surface area contributed by atoms with Crippen LogP contribution >= 0.6 is 11.3 Å². The van der Waals surface area contributed by atoms with Crippen LogP contribution in [0, 0.1) is 0 Å². The van der Waals surface area contributed by atoms with Gasteiger partial charge in [-0.25, -0.2) is 24.6 Å². The molecule has 1 aliphatic rings. The van der Waals surface area contributed by atoms with E-state index in [1.54, 1.807) is 12.1 Å². The van der Waals surface area contributed by atoms with E-state index in [2.05, 4.69) is 10.1 Å². The minimum Gasteiger partial charge on any atom is -0.464 e. The summed E-state index contributed by atoms with van der Waals surface area (Å²) in [6, 6.07) is 1.34. The fraction of sp³-hybridized carbons (Fsp3) is 0.214. The van der Waals surface area contributed by atoms with E-state index in [1.165, 1.54) is 17.9 Å². The number of hydrazone groups is 1. The second-order valence-corrected chi connectivity index (χ2v) is 6.00. The van der Waals surface area contributed by atoms with Crippen LogP contribution in [0.4, 0.5) is 14.7 Å². The molecule has 3 amide bonds. The molecule has 1 aliphatic heterocycles. The molecule has 1 unspecified atom stereocenters. The third-order valence-electron chi connectivity index (χ3n) is 3.52. The van der Waals surface area contributed by atoms with Gasteiger partial charge in [0.05, 0.1) is 31.3 Å². The van der Waals surface area contributed by atoms with Crippen molar-refractivity contribution in [3.63, 3.8) is 0 Å². The van der Waals surface area contributed by atoms with Crippen LogP contribution in [0.2, 0.25) is 0 Å². The Hall–Kier alpha value is -3.41. The first-order valence-electron chi connectivity index (χ1n) is 7.36. The molecular formula is C14H14N6O5S. The predicted octanol–water partition coefficient (Wildman–Crippen LogP) is 1.23. The van der Waals surface area contributed by atoms with E-state index in [9.17, 15) is 19.5 Å². The molecule has 3 heterocycles. The fourth-order valence-electron chi connectivity index (χ4n) is 2.37. The lowest BCUT2D eigenvalue weighted by atomic mass is 10.2. The number of carboxylic acid groups (broad SMARTS) is 1. The Balaban J connectivity index is 1.81. The molecule has 0 bridgehead atoms.